The molecule has 3 rings (SSSR count). The Balaban J connectivity index is 1.64. The summed E-state index contributed by atoms with van der Waals surface area (Å²) in [5.74, 6) is -0.207. The number of H-pyrrole nitrogens is 1. The predicted octanol–water partition coefficient (Wildman–Crippen LogP) is 3.54. The first kappa shape index (κ1) is 18.4. The van der Waals surface area contributed by atoms with Gasteiger partial charge in [-0.05, 0) is 55.8 Å². The van der Waals surface area contributed by atoms with Crippen LogP contribution in [0.3, 0.4) is 0 Å². The van der Waals surface area contributed by atoms with Gasteiger partial charge >= 0.3 is 5.97 Å². The third kappa shape index (κ3) is 4.44. The van der Waals surface area contributed by atoms with Gasteiger partial charge in [0.15, 0.2) is 6.10 Å². The Morgan fingerprint density at radius 3 is 2.63 bits per heavy atom. The normalized spacial score (nSPS) is 11.8. The van der Waals surface area contributed by atoms with Crippen molar-refractivity contribution in [1.29, 1.82) is 0 Å². The fourth-order valence-corrected chi connectivity index (χ4v) is 2.61. The monoisotopic (exact) mass is 367 g/mol. The van der Waals surface area contributed by atoms with Crippen molar-refractivity contribution in [2.24, 2.45) is 0 Å². The van der Waals surface area contributed by atoms with Crippen LogP contribution in [0.1, 0.15) is 30.6 Å². The van der Waals surface area contributed by atoms with Crippen molar-refractivity contribution < 1.29 is 19.1 Å². The maximum atomic E-state index is 12.5. The predicted molar refractivity (Wildman–Crippen MR) is 102 cm³/mol. The van der Waals surface area contributed by atoms with Crippen molar-refractivity contribution in [2.45, 2.75) is 26.4 Å². The quantitative estimate of drug-likeness (QED) is 0.623. The van der Waals surface area contributed by atoms with Gasteiger partial charge in [0.1, 0.15) is 5.75 Å². The molecule has 1 heterocycles. The van der Waals surface area contributed by atoms with Gasteiger partial charge in [-0.15, -0.1) is 0 Å². The number of imidazole rings is 1. The van der Waals surface area contributed by atoms with Crippen LogP contribution in [0.2, 0.25) is 0 Å². The number of carbonyl (C=O) groups is 2. The van der Waals surface area contributed by atoms with Gasteiger partial charge in [0, 0.05) is 5.69 Å². The van der Waals surface area contributed by atoms with Crippen LogP contribution >= 0.6 is 0 Å². The van der Waals surface area contributed by atoms with E-state index in [1.54, 1.807) is 55.7 Å². The zero-order valence-electron chi connectivity index (χ0n) is 15.2. The summed E-state index contributed by atoms with van der Waals surface area (Å²) in [6.07, 6.45) is 1.03. The number of esters is 1. The van der Waals surface area contributed by atoms with Crippen LogP contribution in [0.25, 0.3) is 11.0 Å². The van der Waals surface area contributed by atoms with E-state index in [1.807, 2.05) is 6.92 Å². The third-order valence-corrected chi connectivity index (χ3v) is 4.00. The molecule has 1 unspecified atom stereocenters. The van der Waals surface area contributed by atoms with E-state index in [0.717, 1.165) is 16.8 Å². The van der Waals surface area contributed by atoms with Gasteiger partial charge in [0.25, 0.3) is 5.91 Å². The summed E-state index contributed by atoms with van der Waals surface area (Å²) < 4.78 is 10.8. The van der Waals surface area contributed by atoms with Crippen molar-refractivity contribution in [3.8, 4) is 5.75 Å². The average Bonchev–Trinajstić information content (AvgIpc) is 3.15. The first-order chi connectivity index (χ1) is 13.1. The number of rotatable bonds is 7. The second-order valence-electron chi connectivity index (χ2n) is 5.88. The molecule has 0 saturated carbocycles. The highest BCUT2D eigenvalue weighted by Crippen LogP contribution is 2.17. The lowest BCUT2D eigenvalue weighted by molar-refractivity contribution is -0.124. The van der Waals surface area contributed by atoms with Crippen molar-refractivity contribution in [1.82, 2.24) is 9.97 Å². The highest BCUT2D eigenvalue weighted by atomic mass is 16.5. The Labute approximate surface area is 156 Å². The molecule has 3 aromatic rings. The lowest BCUT2D eigenvalue weighted by atomic mass is 10.2. The van der Waals surface area contributed by atoms with E-state index >= 15 is 0 Å². The number of fused-ring (bicyclic) bond motifs is 1. The molecule has 0 aliphatic rings. The Morgan fingerprint density at radius 2 is 1.93 bits per heavy atom. The molecule has 0 aliphatic carbocycles. The molecular formula is C20H21N3O4. The van der Waals surface area contributed by atoms with Gasteiger partial charge in [-0.2, -0.15) is 0 Å². The van der Waals surface area contributed by atoms with Gasteiger partial charge in [-0.3, -0.25) is 4.79 Å². The maximum Gasteiger partial charge on any atom is 0.338 e. The fraction of sp³-hybridized carbons (Fsp3) is 0.250. The molecule has 140 valence electrons. The van der Waals surface area contributed by atoms with Gasteiger partial charge < -0.3 is 19.8 Å². The van der Waals surface area contributed by atoms with Crippen LogP contribution in [-0.2, 0) is 9.53 Å². The summed E-state index contributed by atoms with van der Waals surface area (Å²) in [6, 6.07) is 12.0. The van der Waals surface area contributed by atoms with Gasteiger partial charge in [-0.25, -0.2) is 9.78 Å². The van der Waals surface area contributed by atoms with Crippen LogP contribution < -0.4 is 10.1 Å². The molecule has 0 saturated heterocycles. The largest absolute Gasteiger partial charge is 0.494 e. The first-order valence-electron chi connectivity index (χ1n) is 8.78. The molecule has 7 nitrogen and oxygen atoms in total. The van der Waals surface area contributed by atoms with Crippen LogP contribution in [0.4, 0.5) is 5.69 Å². The lowest BCUT2D eigenvalue weighted by Gasteiger charge is -2.16. The van der Waals surface area contributed by atoms with E-state index in [4.69, 9.17) is 9.47 Å². The smallest absolute Gasteiger partial charge is 0.338 e. The topological polar surface area (TPSA) is 93.3 Å². The van der Waals surface area contributed by atoms with Crippen LogP contribution in [0.5, 0.6) is 5.75 Å². The zero-order chi connectivity index (χ0) is 19.2. The Hall–Kier alpha value is -3.35. The number of carbonyl (C=O) groups excluding carboxylic acids is 2. The molecule has 0 radical (unpaired) electrons. The molecule has 1 aromatic heterocycles. The minimum Gasteiger partial charge on any atom is -0.494 e. The standard InChI is InChI=1S/C20H21N3O4/c1-3-18(19(24)23-14-6-8-15(9-7-14)26-4-2)27-20(25)13-5-10-16-17(11-13)22-12-21-16/h5-12,18H,3-4H2,1-2H3,(H,21,22)(H,23,24). The van der Waals surface area contributed by atoms with Crippen molar-refractivity contribution in [3.05, 3.63) is 54.4 Å². The zero-order valence-corrected chi connectivity index (χ0v) is 15.2. The minimum atomic E-state index is -0.887. The van der Waals surface area contributed by atoms with E-state index in [2.05, 4.69) is 15.3 Å². The summed E-state index contributed by atoms with van der Waals surface area (Å²) in [5, 5.41) is 2.76. The summed E-state index contributed by atoms with van der Waals surface area (Å²) in [6.45, 7) is 4.26. The summed E-state index contributed by atoms with van der Waals surface area (Å²) in [4.78, 5) is 31.9. The highest BCUT2D eigenvalue weighted by Gasteiger charge is 2.22. The van der Waals surface area contributed by atoms with Crippen molar-refractivity contribution in [2.75, 3.05) is 11.9 Å². The number of aromatic nitrogens is 2. The summed E-state index contributed by atoms with van der Waals surface area (Å²) >= 11 is 0. The minimum absolute atomic E-state index is 0.360. The third-order valence-electron chi connectivity index (χ3n) is 4.00. The molecule has 0 aliphatic heterocycles. The van der Waals surface area contributed by atoms with Gasteiger partial charge in [-0.1, -0.05) is 6.92 Å². The number of ether oxygens (including phenoxy) is 2. The summed E-state index contributed by atoms with van der Waals surface area (Å²) in [7, 11) is 0. The van der Waals surface area contributed by atoms with Crippen molar-refractivity contribution >= 4 is 28.6 Å². The van der Waals surface area contributed by atoms with Crippen LogP contribution in [0.15, 0.2) is 48.8 Å². The number of nitrogens with one attached hydrogen (secondary N) is 2. The van der Waals surface area contributed by atoms with E-state index in [1.165, 1.54) is 0 Å². The molecule has 1 amide bonds. The van der Waals surface area contributed by atoms with Crippen LogP contribution in [0, 0.1) is 0 Å². The SMILES string of the molecule is CCOc1ccc(NC(=O)C(CC)OC(=O)c2ccc3nc[nH]c3c2)cc1. The van der Waals surface area contributed by atoms with Gasteiger partial charge in [0.05, 0.1) is 29.5 Å². The van der Waals surface area contributed by atoms with E-state index < -0.39 is 12.1 Å². The number of hydrogen-bond donors (Lipinski definition) is 2. The van der Waals surface area contributed by atoms with Crippen LogP contribution in [-0.4, -0.2) is 34.6 Å². The molecule has 2 aromatic carbocycles. The Morgan fingerprint density at radius 1 is 1.15 bits per heavy atom. The second kappa shape index (κ2) is 8.35. The number of hydrogen-bond acceptors (Lipinski definition) is 5. The van der Waals surface area contributed by atoms with E-state index in [-0.39, 0.29) is 5.91 Å². The number of nitrogens with zero attached hydrogens (tertiary/aromatic N) is 1. The number of benzene rings is 2. The van der Waals surface area contributed by atoms with Gasteiger partial charge in [0.2, 0.25) is 0 Å². The lowest BCUT2D eigenvalue weighted by Crippen LogP contribution is -2.32. The van der Waals surface area contributed by atoms with E-state index in [0.29, 0.717) is 24.3 Å². The summed E-state index contributed by atoms with van der Waals surface area (Å²) in [5.41, 5.74) is 2.46. The average molecular weight is 367 g/mol. The molecule has 27 heavy (non-hydrogen) atoms. The second-order valence-corrected chi connectivity index (χ2v) is 5.88. The molecule has 2 N–H and O–H groups in total. The van der Waals surface area contributed by atoms with Crippen molar-refractivity contribution in [3.63, 3.8) is 0 Å². The fourth-order valence-electron chi connectivity index (χ4n) is 2.61. The Kier molecular flexibility index (Phi) is 5.71. The molecule has 0 fully saturated rings. The molecule has 7 heteroatoms. The first-order valence-corrected chi connectivity index (χ1v) is 8.78. The number of anilines is 1. The molecule has 0 bridgehead atoms. The number of amides is 1. The number of aromatic amines is 1. The van der Waals surface area contributed by atoms with E-state index in [9.17, 15) is 9.59 Å². The Bertz CT molecular complexity index is 934. The highest BCUT2D eigenvalue weighted by molar-refractivity contribution is 5.98. The molecule has 0 spiro atoms. The molecule has 1 atom stereocenters. The molecular weight excluding hydrogens is 346 g/mol. The maximum absolute atomic E-state index is 12.5.